The van der Waals surface area contributed by atoms with Gasteiger partial charge in [0.15, 0.2) is 0 Å². The Labute approximate surface area is 115 Å². The fraction of sp³-hybridized carbons (Fsp3) is 0.857. The van der Waals surface area contributed by atoms with Gasteiger partial charge in [-0.2, -0.15) is 0 Å². The SMILES string of the molecule is CN1CCN(C(=O)CNC(=O)C2CCCCC2)CC1. The molecule has 0 bridgehead atoms. The van der Waals surface area contributed by atoms with Crippen LogP contribution in [0.2, 0.25) is 0 Å². The number of likely N-dealkylation sites (N-methyl/N-ethyl adjacent to an activating group) is 1. The van der Waals surface area contributed by atoms with E-state index in [1.165, 1.54) is 6.42 Å². The molecule has 1 aliphatic heterocycles. The van der Waals surface area contributed by atoms with E-state index in [2.05, 4.69) is 17.3 Å². The monoisotopic (exact) mass is 267 g/mol. The molecule has 1 saturated heterocycles. The van der Waals surface area contributed by atoms with Crippen LogP contribution in [0.15, 0.2) is 0 Å². The fourth-order valence-electron chi connectivity index (χ4n) is 2.84. The molecule has 0 unspecified atom stereocenters. The first-order chi connectivity index (χ1) is 9.16. The number of hydrogen-bond donors (Lipinski definition) is 1. The lowest BCUT2D eigenvalue weighted by Crippen LogP contribution is -2.50. The maximum atomic E-state index is 12.0. The van der Waals surface area contributed by atoms with Crippen molar-refractivity contribution in [3.8, 4) is 0 Å². The van der Waals surface area contributed by atoms with Gasteiger partial charge in [-0.25, -0.2) is 0 Å². The fourth-order valence-corrected chi connectivity index (χ4v) is 2.84. The van der Waals surface area contributed by atoms with E-state index in [0.717, 1.165) is 51.9 Å². The molecule has 1 aliphatic carbocycles. The third-order valence-corrected chi connectivity index (χ3v) is 4.25. The highest BCUT2D eigenvalue weighted by Gasteiger charge is 2.23. The first-order valence-corrected chi connectivity index (χ1v) is 7.41. The van der Waals surface area contributed by atoms with Gasteiger partial charge in [0.05, 0.1) is 6.54 Å². The lowest BCUT2D eigenvalue weighted by molar-refractivity contribution is -0.135. The van der Waals surface area contributed by atoms with E-state index in [1.807, 2.05) is 4.90 Å². The Morgan fingerprint density at radius 2 is 1.68 bits per heavy atom. The highest BCUT2D eigenvalue weighted by molar-refractivity contribution is 5.85. The van der Waals surface area contributed by atoms with Crippen molar-refractivity contribution in [2.45, 2.75) is 32.1 Å². The van der Waals surface area contributed by atoms with E-state index in [9.17, 15) is 9.59 Å². The van der Waals surface area contributed by atoms with Gasteiger partial charge in [-0.15, -0.1) is 0 Å². The third-order valence-electron chi connectivity index (χ3n) is 4.25. The Morgan fingerprint density at radius 1 is 1.05 bits per heavy atom. The van der Waals surface area contributed by atoms with Gasteiger partial charge in [-0.1, -0.05) is 19.3 Å². The summed E-state index contributed by atoms with van der Waals surface area (Å²) in [5, 5.41) is 2.82. The van der Waals surface area contributed by atoms with E-state index in [4.69, 9.17) is 0 Å². The summed E-state index contributed by atoms with van der Waals surface area (Å²) in [5.74, 6) is 0.258. The van der Waals surface area contributed by atoms with Crippen LogP contribution in [0.3, 0.4) is 0 Å². The van der Waals surface area contributed by atoms with Gasteiger partial charge in [0.2, 0.25) is 11.8 Å². The van der Waals surface area contributed by atoms with Crippen molar-refractivity contribution in [2.75, 3.05) is 39.8 Å². The number of hydrogen-bond acceptors (Lipinski definition) is 3. The summed E-state index contributed by atoms with van der Waals surface area (Å²) in [6, 6.07) is 0. The molecule has 1 heterocycles. The molecule has 0 radical (unpaired) electrons. The highest BCUT2D eigenvalue weighted by Crippen LogP contribution is 2.23. The lowest BCUT2D eigenvalue weighted by atomic mass is 9.89. The topological polar surface area (TPSA) is 52.6 Å². The average molecular weight is 267 g/mol. The molecule has 19 heavy (non-hydrogen) atoms. The Kier molecular flexibility index (Phi) is 5.19. The van der Waals surface area contributed by atoms with Crippen LogP contribution in [0.25, 0.3) is 0 Å². The molecular weight excluding hydrogens is 242 g/mol. The van der Waals surface area contributed by atoms with Crippen molar-refractivity contribution in [1.82, 2.24) is 15.1 Å². The molecule has 5 heteroatoms. The molecule has 2 fully saturated rings. The summed E-state index contributed by atoms with van der Waals surface area (Å²) in [6.45, 7) is 3.55. The number of piperazine rings is 1. The van der Waals surface area contributed by atoms with Crippen molar-refractivity contribution < 1.29 is 9.59 Å². The van der Waals surface area contributed by atoms with Crippen LogP contribution in [-0.4, -0.2) is 61.4 Å². The first kappa shape index (κ1) is 14.3. The second-order valence-corrected chi connectivity index (χ2v) is 5.74. The molecule has 0 aromatic carbocycles. The molecule has 1 N–H and O–H groups in total. The number of carbonyl (C=O) groups excluding carboxylic acids is 2. The van der Waals surface area contributed by atoms with E-state index < -0.39 is 0 Å². The van der Waals surface area contributed by atoms with E-state index in [0.29, 0.717) is 0 Å². The third kappa shape index (κ3) is 4.20. The smallest absolute Gasteiger partial charge is 0.242 e. The zero-order chi connectivity index (χ0) is 13.7. The van der Waals surface area contributed by atoms with Crippen LogP contribution in [0.4, 0.5) is 0 Å². The van der Waals surface area contributed by atoms with E-state index in [-0.39, 0.29) is 24.3 Å². The molecule has 0 spiro atoms. The molecule has 1 saturated carbocycles. The summed E-state index contributed by atoms with van der Waals surface area (Å²) in [4.78, 5) is 28.0. The van der Waals surface area contributed by atoms with Gasteiger partial charge < -0.3 is 15.1 Å². The van der Waals surface area contributed by atoms with Gasteiger partial charge in [0.1, 0.15) is 0 Å². The van der Waals surface area contributed by atoms with Crippen molar-refractivity contribution in [2.24, 2.45) is 5.92 Å². The second-order valence-electron chi connectivity index (χ2n) is 5.74. The number of nitrogens with zero attached hydrogens (tertiary/aromatic N) is 2. The van der Waals surface area contributed by atoms with Crippen molar-refractivity contribution in [1.29, 1.82) is 0 Å². The van der Waals surface area contributed by atoms with Crippen LogP contribution >= 0.6 is 0 Å². The minimum Gasteiger partial charge on any atom is -0.347 e. The van der Waals surface area contributed by atoms with Crippen LogP contribution in [-0.2, 0) is 9.59 Å². The minimum absolute atomic E-state index is 0.0530. The summed E-state index contributed by atoms with van der Waals surface area (Å²) >= 11 is 0. The number of rotatable bonds is 3. The predicted molar refractivity (Wildman–Crippen MR) is 73.7 cm³/mol. The normalized spacial score (nSPS) is 22.3. The molecule has 2 aliphatic rings. The Hall–Kier alpha value is -1.10. The summed E-state index contributed by atoms with van der Waals surface area (Å²) in [6.07, 6.45) is 5.49. The summed E-state index contributed by atoms with van der Waals surface area (Å²) in [5.41, 5.74) is 0. The van der Waals surface area contributed by atoms with Gasteiger partial charge >= 0.3 is 0 Å². The molecule has 2 amide bonds. The molecule has 5 nitrogen and oxygen atoms in total. The quantitative estimate of drug-likeness (QED) is 0.808. The van der Waals surface area contributed by atoms with Crippen LogP contribution in [0, 0.1) is 5.92 Å². The predicted octanol–water partition coefficient (Wildman–Crippen LogP) is 0.457. The Bertz CT molecular complexity index is 319. The number of nitrogens with one attached hydrogen (secondary N) is 1. The maximum Gasteiger partial charge on any atom is 0.242 e. The van der Waals surface area contributed by atoms with Gasteiger partial charge in [0, 0.05) is 32.1 Å². The first-order valence-electron chi connectivity index (χ1n) is 7.41. The summed E-state index contributed by atoms with van der Waals surface area (Å²) < 4.78 is 0. The molecule has 0 aromatic heterocycles. The lowest BCUT2D eigenvalue weighted by Gasteiger charge is -2.32. The largest absolute Gasteiger partial charge is 0.347 e. The Morgan fingerprint density at radius 3 is 2.32 bits per heavy atom. The second kappa shape index (κ2) is 6.89. The minimum atomic E-state index is 0.0530. The molecule has 0 atom stereocenters. The van der Waals surface area contributed by atoms with Crippen molar-refractivity contribution in [3.05, 3.63) is 0 Å². The average Bonchev–Trinajstić information content (AvgIpc) is 2.46. The van der Waals surface area contributed by atoms with Gasteiger partial charge in [0.25, 0.3) is 0 Å². The highest BCUT2D eigenvalue weighted by atomic mass is 16.2. The number of amides is 2. The zero-order valence-corrected chi connectivity index (χ0v) is 11.9. The maximum absolute atomic E-state index is 12.0. The van der Waals surface area contributed by atoms with Crippen molar-refractivity contribution in [3.63, 3.8) is 0 Å². The van der Waals surface area contributed by atoms with E-state index in [1.54, 1.807) is 0 Å². The van der Waals surface area contributed by atoms with Crippen molar-refractivity contribution >= 4 is 11.8 Å². The molecule has 0 aromatic rings. The van der Waals surface area contributed by atoms with E-state index >= 15 is 0 Å². The number of carbonyl (C=O) groups is 2. The molecular formula is C14H25N3O2. The van der Waals surface area contributed by atoms with Crippen LogP contribution in [0.5, 0.6) is 0 Å². The van der Waals surface area contributed by atoms with Crippen LogP contribution < -0.4 is 5.32 Å². The van der Waals surface area contributed by atoms with Crippen LogP contribution in [0.1, 0.15) is 32.1 Å². The zero-order valence-electron chi connectivity index (χ0n) is 11.9. The standard InChI is InChI=1S/C14H25N3O2/c1-16-7-9-17(10-8-16)13(18)11-15-14(19)12-5-3-2-4-6-12/h12H,2-11H2,1H3,(H,15,19). The van der Waals surface area contributed by atoms with Gasteiger partial charge in [-0.3, -0.25) is 9.59 Å². The van der Waals surface area contributed by atoms with Gasteiger partial charge in [-0.05, 0) is 19.9 Å². The summed E-state index contributed by atoms with van der Waals surface area (Å²) in [7, 11) is 2.06. The molecule has 108 valence electrons. The Balaban J connectivity index is 1.69. The molecule has 2 rings (SSSR count).